The normalized spacial score (nSPS) is 10.6. The number of allylic oxidation sites excluding steroid dienone is 2. The Kier molecular flexibility index (Phi) is 11.3. The molecular weight excluding hydrogens is 176 g/mol. The van der Waals surface area contributed by atoms with E-state index in [2.05, 4.69) is 12.2 Å². The van der Waals surface area contributed by atoms with Gasteiger partial charge >= 0.3 is 0 Å². The topological polar surface area (TPSA) is 34.1 Å². The minimum atomic E-state index is 0.688. The minimum Gasteiger partial charge on any atom is -0.303 e. The highest BCUT2D eigenvalue weighted by atomic mass is 16.1. The molecule has 0 spiro atoms. The average Bonchev–Trinajstić information content (AvgIpc) is 2.21. The first-order chi connectivity index (χ1) is 6.91. The van der Waals surface area contributed by atoms with Crippen molar-refractivity contribution in [2.45, 2.75) is 51.4 Å². The largest absolute Gasteiger partial charge is 0.303 e. The van der Waals surface area contributed by atoms with Gasteiger partial charge in [0.05, 0.1) is 0 Å². The van der Waals surface area contributed by atoms with E-state index in [4.69, 9.17) is 0 Å². The number of unbranched alkanes of at least 4 members (excludes halogenated alkanes) is 6. The summed E-state index contributed by atoms with van der Waals surface area (Å²) in [5.74, 6) is 0. The van der Waals surface area contributed by atoms with Crippen LogP contribution >= 0.6 is 0 Å². The molecule has 0 bridgehead atoms. The van der Waals surface area contributed by atoms with Crippen molar-refractivity contribution in [3.63, 3.8) is 0 Å². The zero-order chi connectivity index (χ0) is 10.5. The zero-order valence-corrected chi connectivity index (χ0v) is 8.78. The van der Waals surface area contributed by atoms with Crippen molar-refractivity contribution in [2.24, 2.45) is 0 Å². The first-order valence-corrected chi connectivity index (χ1v) is 5.44. The van der Waals surface area contributed by atoms with Gasteiger partial charge in [0, 0.05) is 12.8 Å². The Morgan fingerprint density at radius 2 is 0.929 bits per heavy atom. The lowest BCUT2D eigenvalue weighted by Gasteiger charge is -1.92. The van der Waals surface area contributed by atoms with Gasteiger partial charge in [-0.25, -0.2) is 0 Å². The van der Waals surface area contributed by atoms with Crippen molar-refractivity contribution in [1.82, 2.24) is 0 Å². The maximum atomic E-state index is 9.99. The first-order valence-electron chi connectivity index (χ1n) is 5.44. The molecule has 0 radical (unpaired) electrons. The average molecular weight is 196 g/mol. The lowest BCUT2D eigenvalue weighted by atomic mass is 10.1. The van der Waals surface area contributed by atoms with Crippen LogP contribution in [0, 0.1) is 0 Å². The number of carbonyl (C=O) groups is 2. The molecule has 0 N–H and O–H groups in total. The molecule has 0 aliphatic heterocycles. The van der Waals surface area contributed by atoms with Crippen LogP contribution < -0.4 is 0 Å². The lowest BCUT2D eigenvalue weighted by Crippen LogP contribution is -1.77. The molecule has 2 heteroatoms. The molecule has 0 atom stereocenters. The number of hydrogen-bond donors (Lipinski definition) is 0. The molecule has 0 saturated heterocycles. The van der Waals surface area contributed by atoms with Crippen LogP contribution in [-0.4, -0.2) is 12.6 Å². The summed E-state index contributed by atoms with van der Waals surface area (Å²) < 4.78 is 0. The van der Waals surface area contributed by atoms with Gasteiger partial charge in [-0.15, -0.1) is 0 Å². The van der Waals surface area contributed by atoms with Gasteiger partial charge < -0.3 is 9.59 Å². The Labute approximate surface area is 86.4 Å². The Morgan fingerprint density at radius 3 is 1.29 bits per heavy atom. The molecule has 0 aliphatic rings. The smallest absolute Gasteiger partial charge is 0.119 e. The number of aldehydes is 2. The molecule has 0 aromatic heterocycles. The molecule has 80 valence electrons. The monoisotopic (exact) mass is 196 g/mol. The highest BCUT2D eigenvalue weighted by molar-refractivity contribution is 5.49. The van der Waals surface area contributed by atoms with Crippen LogP contribution in [0.25, 0.3) is 0 Å². The van der Waals surface area contributed by atoms with Crippen molar-refractivity contribution in [1.29, 1.82) is 0 Å². The summed E-state index contributed by atoms with van der Waals surface area (Å²) in [7, 11) is 0. The molecule has 0 unspecified atom stereocenters. The van der Waals surface area contributed by atoms with Crippen LogP contribution in [0.3, 0.4) is 0 Å². The van der Waals surface area contributed by atoms with E-state index < -0.39 is 0 Å². The van der Waals surface area contributed by atoms with Crippen LogP contribution in [0.5, 0.6) is 0 Å². The van der Waals surface area contributed by atoms with Crippen molar-refractivity contribution in [3.8, 4) is 0 Å². The highest BCUT2D eigenvalue weighted by Gasteiger charge is 1.86. The predicted molar refractivity (Wildman–Crippen MR) is 58.2 cm³/mol. The molecule has 0 amide bonds. The SMILES string of the molecule is O=CCCCC/C=C/CCCCC=O. The van der Waals surface area contributed by atoms with Crippen LogP contribution in [0.4, 0.5) is 0 Å². The molecular formula is C12H20O2. The molecule has 2 nitrogen and oxygen atoms in total. The first kappa shape index (κ1) is 13.1. The van der Waals surface area contributed by atoms with Crippen molar-refractivity contribution >= 4 is 12.6 Å². The summed E-state index contributed by atoms with van der Waals surface area (Å²) in [5, 5.41) is 0. The Hall–Kier alpha value is -0.920. The van der Waals surface area contributed by atoms with E-state index in [0.29, 0.717) is 12.8 Å². The Morgan fingerprint density at radius 1 is 0.571 bits per heavy atom. The third-order valence-electron chi connectivity index (χ3n) is 2.05. The number of rotatable bonds is 10. The van der Waals surface area contributed by atoms with Gasteiger partial charge in [-0.2, -0.15) is 0 Å². The van der Waals surface area contributed by atoms with E-state index in [1.165, 1.54) is 0 Å². The minimum absolute atomic E-state index is 0.688. The second-order valence-electron chi connectivity index (χ2n) is 3.37. The van der Waals surface area contributed by atoms with E-state index in [1.54, 1.807) is 0 Å². The number of hydrogen-bond acceptors (Lipinski definition) is 2. The van der Waals surface area contributed by atoms with Crippen molar-refractivity contribution in [2.75, 3.05) is 0 Å². The molecule has 0 rings (SSSR count). The van der Waals surface area contributed by atoms with Crippen LogP contribution in [0.2, 0.25) is 0 Å². The van der Waals surface area contributed by atoms with Crippen LogP contribution in [0.1, 0.15) is 51.4 Å². The summed E-state index contributed by atoms with van der Waals surface area (Å²) in [6, 6.07) is 0. The van der Waals surface area contributed by atoms with Gasteiger partial charge in [0.2, 0.25) is 0 Å². The fourth-order valence-corrected chi connectivity index (χ4v) is 1.22. The predicted octanol–water partition coefficient (Wildman–Crippen LogP) is 3.06. The lowest BCUT2D eigenvalue weighted by molar-refractivity contribution is -0.108. The molecule has 14 heavy (non-hydrogen) atoms. The van der Waals surface area contributed by atoms with E-state index in [1.807, 2.05) is 0 Å². The van der Waals surface area contributed by atoms with Crippen LogP contribution in [0.15, 0.2) is 12.2 Å². The van der Waals surface area contributed by atoms with E-state index in [-0.39, 0.29) is 0 Å². The number of carbonyl (C=O) groups excluding carboxylic acids is 2. The van der Waals surface area contributed by atoms with Crippen molar-refractivity contribution in [3.05, 3.63) is 12.2 Å². The second kappa shape index (κ2) is 12.1. The molecule has 0 aromatic rings. The summed E-state index contributed by atoms with van der Waals surface area (Å²) in [6.45, 7) is 0. The maximum absolute atomic E-state index is 9.99. The van der Waals surface area contributed by atoms with E-state index in [0.717, 1.165) is 51.1 Å². The van der Waals surface area contributed by atoms with E-state index >= 15 is 0 Å². The fourth-order valence-electron chi connectivity index (χ4n) is 1.22. The Bertz CT molecular complexity index is 144. The summed E-state index contributed by atoms with van der Waals surface area (Å²) >= 11 is 0. The molecule has 0 fully saturated rings. The summed E-state index contributed by atoms with van der Waals surface area (Å²) in [6.07, 6.45) is 14.0. The van der Waals surface area contributed by atoms with Gasteiger partial charge in [0.1, 0.15) is 12.6 Å². The van der Waals surface area contributed by atoms with Crippen molar-refractivity contribution < 1.29 is 9.59 Å². The van der Waals surface area contributed by atoms with Gasteiger partial charge in [0.15, 0.2) is 0 Å². The van der Waals surface area contributed by atoms with Gasteiger partial charge in [-0.3, -0.25) is 0 Å². The molecule has 0 aromatic carbocycles. The molecule has 0 aliphatic carbocycles. The third-order valence-corrected chi connectivity index (χ3v) is 2.05. The quantitative estimate of drug-likeness (QED) is 0.306. The molecule has 0 saturated carbocycles. The standard InChI is InChI=1S/C12H20O2/c13-11-9-7-5-3-1-2-4-6-8-10-12-14/h1-2,11-12H,3-10H2/b2-1+. The van der Waals surface area contributed by atoms with Crippen LogP contribution in [-0.2, 0) is 9.59 Å². The third kappa shape index (κ3) is 11.1. The van der Waals surface area contributed by atoms with E-state index in [9.17, 15) is 9.59 Å². The summed E-state index contributed by atoms with van der Waals surface area (Å²) in [4.78, 5) is 20.0. The summed E-state index contributed by atoms with van der Waals surface area (Å²) in [5.41, 5.74) is 0. The fraction of sp³-hybridized carbons (Fsp3) is 0.667. The highest BCUT2D eigenvalue weighted by Crippen LogP contribution is 2.02. The maximum Gasteiger partial charge on any atom is 0.119 e. The van der Waals surface area contributed by atoms with Gasteiger partial charge in [0.25, 0.3) is 0 Å². The second-order valence-corrected chi connectivity index (χ2v) is 3.37. The van der Waals surface area contributed by atoms with Gasteiger partial charge in [-0.05, 0) is 38.5 Å². The zero-order valence-electron chi connectivity index (χ0n) is 8.78. The van der Waals surface area contributed by atoms with Gasteiger partial charge in [-0.1, -0.05) is 12.2 Å². The molecule has 0 heterocycles. The Balaban J connectivity index is 3.03.